The Balaban J connectivity index is 2.15. The van der Waals surface area contributed by atoms with Gasteiger partial charge in [0.1, 0.15) is 0 Å². The zero-order valence-electron chi connectivity index (χ0n) is 11.9. The highest BCUT2D eigenvalue weighted by atomic mass is 16.5. The van der Waals surface area contributed by atoms with Crippen LogP contribution >= 0.6 is 0 Å². The Morgan fingerprint density at radius 3 is 2.82 bits per heavy atom. The molecule has 4 heteroatoms. The lowest BCUT2D eigenvalue weighted by Crippen LogP contribution is -2.52. The predicted molar refractivity (Wildman–Crippen MR) is 72.5 cm³/mol. The lowest BCUT2D eigenvalue weighted by molar-refractivity contribution is 0.0920. The van der Waals surface area contributed by atoms with Crippen LogP contribution in [0.5, 0.6) is 0 Å². The van der Waals surface area contributed by atoms with Gasteiger partial charge in [-0.1, -0.05) is 6.92 Å². The van der Waals surface area contributed by atoms with E-state index in [1.807, 2.05) is 0 Å². The minimum absolute atomic E-state index is 0.453. The molecule has 0 aliphatic carbocycles. The molecule has 1 heterocycles. The molecule has 1 fully saturated rings. The molecule has 2 unspecified atom stereocenters. The molecule has 1 saturated heterocycles. The zero-order chi connectivity index (χ0) is 12.7. The Kier molecular flexibility index (Phi) is 7.04. The summed E-state index contributed by atoms with van der Waals surface area (Å²) in [7, 11) is 3.99. The first-order valence-electron chi connectivity index (χ1n) is 6.82. The Morgan fingerprint density at radius 2 is 2.18 bits per heavy atom. The highest BCUT2D eigenvalue weighted by molar-refractivity contribution is 4.79. The van der Waals surface area contributed by atoms with Crippen molar-refractivity contribution >= 4 is 0 Å². The number of hydrogen-bond donors (Lipinski definition) is 1. The summed E-state index contributed by atoms with van der Waals surface area (Å²) < 4.78 is 5.11. The van der Waals surface area contributed by atoms with Crippen molar-refractivity contribution in [3.8, 4) is 0 Å². The second kappa shape index (κ2) is 8.03. The van der Waals surface area contributed by atoms with Gasteiger partial charge in [0.25, 0.3) is 0 Å². The molecule has 0 aromatic carbocycles. The summed E-state index contributed by atoms with van der Waals surface area (Å²) in [6, 6.07) is 1.19. The Bertz CT molecular complexity index is 201. The van der Waals surface area contributed by atoms with Crippen molar-refractivity contribution in [1.29, 1.82) is 0 Å². The fourth-order valence-electron chi connectivity index (χ4n) is 2.43. The first-order valence-corrected chi connectivity index (χ1v) is 6.82. The van der Waals surface area contributed by atoms with Gasteiger partial charge in [0.2, 0.25) is 0 Å². The minimum atomic E-state index is 0.453. The monoisotopic (exact) mass is 243 g/mol. The summed E-state index contributed by atoms with van der Waals surface area (Å²) in [5, 5.41) is 3.49. The van der Waals surface area contributed by atoms with E-state index in [1.54, 1.807) is 7.11 Å². The lowest BCUT2D eigenvalue weighted by atomic mass is 10.1. The van der Waals surface area contributed by atoms with Crippen molar-refractivity contribution in [3.05, 3.63) is 0 Å². The highest BCUT2D eigenvalue weighted by Crippen LogP contribution is 2.09. The van der Waals surface area contributed by atoms with Crippen LogP contribution in [0.2, 0.25) is 0 Å². The van der Waals surface area contributed by atoms with E-state index in [0.29, 0.717) is 6.04 Å². The number of methoxy groups -OCH3 is 1. The molecule has 1 aliphatic rings. The van der Waals surface area contributed by atoms with Gasteiger partial charge in [0.15, 0.2) is 0 Å². The molecule has 1 rings (SSSR count). The molecular weight excluding hydrogens is 214 g/mol. The third kappa shape index (κ3) is 5.34. The van der Waals surface area contributed by atoms with Crippen molar-refractivity contribution < 1.29 is 4.74 Å². The maximum atomic E-state index is 5.11. The normalized spacial score (nSPS) is 25.1. The Morgan fingerprint density at radius 1 is 1.41 bits per heavy atom. The SMILES string of the molecule is CCC1CN(CCNC(C)COC)CCN1C. The number of hydrogen-bond acceptors (Lipinski definition) is 4. The standard InChI is InChI=1S/C13H29N3O/c1-5-13-10-16(9-8-15(13)3)7-6-14-12(2)11-17-4/h12-14H,5-11H2,1-4H3. The number of piperazine rings is 1. The van der Waals surface area contributed by atoms with E-state index in [2.05, 4.69) is 36.0 Å². The molecule has 0 bridgehead atoms. The molecule has 0 saturated carbocycles. The van der Waals surface area contributed by atoms with Gasteiger partial charge in [-0.05, 0) is 20.4 Å². The smallest absolute Gasteiger partial charge is 0.0613 e. The number of ether oxygens (including phenoxy) is 1. The van der Waals surface area contributed by atoms with E-state index in [1.165, 1.54) is 26.1 Å². The van der Waals surface area contributed by atoms with Crippen molar-refractivity contribution in [3.63, 3.8) is 0 Å². The van der Waals surface area contributed by atoms with Crippen LogP contribution in [-0.4, -0.2) is 75.4 Å². The van der Waals surface area contributed by atoms with Crippen LogP contribution in [0.1, 0.15) is 20.3 Å². The van der Waals surface area contributed by atoms with E-state index < -0.39 is 0 Å². The fourth-order valence-corrected chi connectivity index (χ4v) is 2.43. The number of rotatable bonds is 7. The second-order valence-electron chi connectivity index (χ2n) is 5.15. The quantitative estimate of drug-likeness (QED) is 0.710. The number of nitrogens with zero attached hydrogens (tertiary/aromatic N) is 2. The summed E-state index contributed by atoms with van der Waals surface area (Å²) in [4.78, 5) is 5.05. The van der Waals surface area contributed by atoms with E-state index in [-0.39, 0.29) is 0 Å². The highest BCUT2D eigenvalue weighted by Gasteiger charge is 2.22. The number of nitrogens with one attached hydrogen (secondary N) is 1. The maximum Gasteiger partial charge on any atom is 0.0613 e. The molecule has 4 nitrogen and oxygen atoms in total. The van der Waals surface area contributed by atoms with Crippen LogP contribution in [0.25, 0.3) is 0 Å². The van der Waals surface area contributed by atoms with E-state index in [9.17, 15) is 0 Å². The fraction of sp³-hybridized carbons (Fsp3) is 1.00. The molecule has 0 amide bonds. The second-order valence-corrected chi connectivity index (χ2v) is 5.15. The molecule has 1 aliphatic heterocycles. The molecule has 2 atom stereocenters. The summed E-state index contributed by atoms with van der Waals surface area (Å²) in [5.74, 6) is 0. The Hall–Kier alpha value is -0.160. The van der Waals surface area contributed by atoms with Crippen LogP contribution in [0.4, 0.5) is 0 Å². The average molecular weight is 243 g/mol. The van der Waals surface area contributed by atoms with Crippen molar-refractivity contribution in [2.45, 2.75) is 32.4 Å². The number of likely N-dealkylation sites (N-methyl/N-ethyl adjacent to an activating group) is 1. The first-order chi connectivity index (χ1) is 8.17. The topological polar surface area (TPSA) is 27.7 Å². The molecule has 0 radical (unpaired) electrons. The molecule has 0 aromatic rings. The third-order valence-electron chi connectivity index (χ3n) is 3.67. The van der Waals surface area contributed by atoms with E-state index in [4.69, 9.17) is 4.74 Å². The van der Waals surface area contributed by atoms with Crippen molar-refractivity contribution in [2.24, 2.45) is 0 Å². The molecular formula is C13H29N3O. The minimum Gasteiger partial charge on any atom is -0.383 e. The van der Waals surface area contributed by atoms with Crippen LogP contribution in [-0.2, 0) is 4.74 Å². The third-order valence-corrected chi connectivity index (χ3v) is 3.67. The summed E-state index contributed by atoms with van der Waals surface area (Å²) in [5.41, 5.74) is 0. The summed E-state index contributed by atoms with van der Waals surface area (Å²) in [6.45, 7) is 11.1. The van der Waals surface area contributed by atoms with Gasteiger partial charge in [0, 0.05) is 51.9 Å². The van der Waals surface area contributed by atoms with E-state index in [0.717, 1.165) is 25.7 Å². The van der Waals surface area contributed by atoms with Crippen LogP contribution in [0.15, 0.2) is 0 Å². The van der Waals surface area contributed by atoms with Crippen molar-refractivity contribution in [2.75, 3.05) is 53.5 Å². The molecule has 0 aromatic heterocycles. The van der Waals surface area contributed by atoms with Gasteiger partial charge in [-0.3, -0.25) is 4.90 Å². The zero-order valence-corrected chi connectivity index (χ0v) is 11.9. The molecule has 17 heavy (non-hydrogen) atoms. The van der Waals surface area contributed by atoms with Crippen LogP contribution in [0, 0.1) is 0 Å². The molecule has 0 spiro atoms. The summed E-state index contributed by atoms with van der Waals surface area (Å²) in [6.07, 6.45) is 1.25. The van der Waals surface area contributed by atoms with Crippen molar-refractivity contribution in [1.82, 2.24) is 15.1 Å². The van der Waals surface area contributed by atoms with Gasteiger partial charge in [0.05, 0.1) is 6.61 Å². The molecule has 1 N–H and O–H groups in total. The maximum absolute atomic E-state index is 5.11. The summed E-state index contributed by atoms with van der Waals surface area (Å²) >= 11 is 0. The van der Waals surface area contributed by atoms with Gasteiger partial charge >= 0.3 is 0 Å². The van der Waals surface area contributed by atoms with Gasteiger partial charge in [-0.15, -0.1) is 0 Å². The average Bonchev–Trinajstić information content (AvgIpc) is 2.31. The lowest BCUT2D eigenvalue weighted by Gasteiger charge is -2.39. The van der Waals surface area contributed by atoms with Crippen LogP contribution < -0.4 is 5.32 Å². The van der Waals surface area contributed by atoms with Crippen LogP contribution in [0.3, 0.4) is 0 Å². The van der Waals surface area contributed by atoms with Gasteiger partial charge in [-0.25, -0.2) is 0 Å². The predicted octanol–water partition coefficient (Wildman–Crippen LogP) is 0.637. The first kappa shape index (κ1) is 14.9. The molecule has 102 valence electrons. The van der Waals surface area contributed by atoms with Gasteiger partial charge in [-0.2, -0.15) is 0 Å². The van der Waals surface area contributed by atoms with E-state index >= 15 is 0 Å². The largest absolute Gasteiger partial charge is 0.383 e. The Labute approximate surface area is 106 Å². The van der Waals surface area contributed by atoms with Gasteiger partial charge < -0.3 is 15.0 Å².